The van der Waals surface area contributed by atoms with Crippen LogP contribution in [0.3, 0.4) is 0 Å². The first-order chi connectivity index (χ1) is 10.1. The predicted molar refractivity (Wildman–Crippen MR) is 86.5 cm³/mol. The van der Waals surface area contributed by atoms with Crippen LogP contribution < -0.4 is 10.6 Å². The molecule has 3 rings (SSSR count). The minimum atomic E-state index is -0.327. The third-order valence-corrected chi connectivity index (χ3v) is 5.26. The Morgan fingerprint density at radius 1 is 1.24 bits per heavy atom. The third kappa shape index (κ3) is 2.98. The van der Waals surface area contributed by atoms with Gasteiger partial charge in [0.1, 0.15) is 0 Å². The molecule has 1 saturated heterocycles. The van der Waals surface area contributed by atoms with Crippen molar-refractivity contribution in [2.75, 3.05) is 18.4 Å². The Bertz CT molecular complexity index is 530. The van der Waals surface area contributed by atoms with E-state index < -0.39 is 0 Å². The van der Waals surface area contributed by atoms with E-state index in [0.717, 1.165) is 31.6 Å². The number of hydrogen-bond acceptors (Lipinski definition) is 2. The Morgan fingerprint density at radius 3 is 2.81 bits per heavy atom. The van der Waals surface area contributed by atoms with Gasteiger partial charge < -0.3 is 10.6 Å². The summed E-state index contributed by atoms with van der Waals surface area (Å²) in [5.41, 5.74) is 3.48. The molecule has 0 saturated carbocycles. The van der Waals surface area contributed by atoms with Gasteiger partial charge in [-0.1, -0.05) is 19.9 Å². The number of fused-ring (bicyclic) bond motifs is 1. The van der Waals surface area contributed by atoms with Gasteiger partial charge in [-0.25, -0.2) is 0 Å². The fourth-order valence-corrected chi connectivity index (χ4v) is 3.59. The lowest BCUT2D eigenvalue weighted by atomic mass is 9.74. The first kappa shape index (κ1) is 14.6. The lowest BCUT2D eigenvalue weighted by Crippen LogP contribution is -2.44. The van der Waals surface area contributed by atoms with E-state index in [9.17, 15) is 4.79 Å². The van der Waals surface area contributed by atoms with Gasteiger partial charge in [0.05, 0.1) is 0 Å². The van der Waals surface area contributed by atoms with Crippen molar-refractivity contribution in [1.82, 2.24) is 5.32 Å². The summed E-state index contributed by atoms with van der Waals surface area (Å²) in [6.45, 7) is 6.18. The van der Waals surface area contributed by atoms with Gasteiger partial charge in [0.15, 0.2) is 0 Å². The molecule has 1 amide bonds. The number of hydrogen-bond donors (Lipinski definition) is 2. The molecule has 2 N–H and O–H groups in total. The number of benzene rings is 1. The molecule has 1 fully saturated rings. The second kappa shape index (κ2) is 5.80. The summed E-state index contributed by atoms with van der Waals surface area (Å²) in [5, 5.41) is 6.56. The lowest BCUT2D eigenvalue weighted by Gasteiger charge is -2.36. The van der Waals surface area contributed by atoms with Crippen molar-refractivity contribution in [2.24, 2.45) is 11.3 Å². The smallest absolute Gasteiger partial charge is 0.230 e. The molecular formula is C18H26N2O. The van der Waals surface area contributed by atoms with Crippen LogP contribution in [-0.2, 0) is 17.6 Å². The highest BCUT2D eigenvalue weighted by molar-refractivity contribution is 5.95. The predicted octanol–water partition coefficient (Wildman–Crippen LogP) is 3.14. The highest BCUT2D eigenvalue weighted by Gasteiger charge is 2.37. The standard InChI is InChI=1S/C18H26N2O/c1-18(2,15-7-4-10-19-12-15)17(21)20-16-9-8-13-5-3-6-14(13)11-16/h8-9,11,15,19H,3-7,10,12H2,1-2H3,(H,20,21). The van der Waals surface area contributed by atoms with E-state index in [4.69, 9.17) is 0 Å². The summed E-state index contributed by atoms with van der Waals surface area (Å²) in [6.07, 6.45) is 5.88. The summed E-state index contributed by atoms with van der Waals surface area (Å²) in [4.78, 5) is 12.7. The summed E-state index contributed by atoms with van der Waals surface area (Å²) in [5.74, 6) is 0.565. The number of amides is 1. The zero-order valence-corrected chi connectivity index (χ0v) is 13.2. The molecule has 1 aliphatic carbocycles. The molecule has 0 bridgehead atoms. The molecule has 1 aromatic rings. The number of rotatable bonds is 3. The Morgan fingerprint density at radius 2 is 2.05 bits per heavy atom. The fourth-order valence-electron chi connectivity index (χ4n) is 3.59. The second-order valence-electron chi connectivity index (χ2n) is 7.06. The third-order valence-electron chi connectivity index (χ3n) is 5.26. The maximum Gasteiger partial charge on any atom is 0.230 e. The minimum Gasteiger partial charge on any atom is -0.326 e. The van der Waals surface area contributed by atoms with Crippen LogP contribution in [0.1, 0.15) is 44.2 Å². The Balaban J connectivity index is 1.70. The monoisotopic (exact) mass is 286 g/mol. The minimum absolute atomic E-state index is 0.147. The molecule has 1 atom stereocenters. The molecule has 1 aliphatic heterocycles. The summed E-state index contributed by atoms with van der Waals surface area (Å²) < 4.78 is 0. The Hall–Kier alpha value is -1.35. The number of anilines is 1. The van der Waals surface area contributed by atoms with Crippen LogP contribution in [-0.4, -0.2) is 19.0 Å². The first-order valence-electron chi connectivity index (χ1n) is 8.21. The van der Waals surface area contributed by atoms with Crippen molar-refractivity contribution in [2.45, 2.75) is 46.0 Å². The second-order valence-corrected chi connectivity index (χ2v) is 7.06. The van der Waals surface area contributed by atoms with E-state index in [1.807, 2.05) is 0 Å². The van der Waals surface area contributed by atoms with Gasteiger partial charge in [-0.05, 0) is 74.4 Å². The topological polar surface area (TPSA) is 41.1 Å². The zero-order valence-electron chi connectivity index (χ0n) is 13.2. The van der Waals surface area contributed by atoms with Crippen LogP contribution >= 0.6 is 0 Å². The van der Waals surface area contributed by atoms with Crippen molar-refractivity contribution < 1.29 is 4.79 Å². The van der Waals surface area contributed by atoms with E-state index in [1.54, 1.807) is 0 Å². The van der Waals surface area contributed by atoms with Crippen LogP contribution in [0.5, 0.6) is 0 Å². The van der Waals surface area contributed by atoms with Crippen molar-refractivity contribution in [3.63, 3.8) is 0 Å². The molecule has 1 unspecified atom stereocenters. The van der Waals surface area contributed by atoms with E-state index >= 15 is 0 Å². The summed E-state index contributed by atoms with van der Waals surface area (Å²) in [6, 6.07) is 6.39. The van der Waals surface area contributed by atoms with Crippen molar-refractivity contribution in [1.29, 1.82) is 0 Å². The molecule has 1 aromatic carbocycles. The van der Waals surface area contributed by atoms with Gasteiger partial charge in [-0.3, -0.25) is 4.79 Å². The summed E-state index contributed by atoms with van der Waals surface area (Å²) >= 11 is 0. The quantitative estimate of drug-likeness (QED) is 0.896. The van der Waals surface area contributed by atoms with Crippen LogP contribution in [0, 0.1) is 11.3 Å². The highest BCUT2D eigenvalue weighted by Crippen LogP contribution is 2.33. The molecule has 3 heteroatoms. The fraction of sp³-hybridized carbons (Fsp3) is 0.611. The SMILES string of the molecule is CC(C)(C(=O)Nc1ccc2c(c1)CCC2)C1CCCNC1. The van der Waals surface area contributed by atoms with E-state index in [-0.39, 0.29) is 11.3 Å². The molecule has 2 aliphatic rings. The number of aryl methyl sites for hydroxylation is 2. The number of carbonyl (C=O) groups is 1. The zero-order chi connectivity index (χ0) is 14.9. The average molecular weight is 286 g/mol. The molecule has 21 heavy (non-hydrogen) atoms. The van der Waals surface area contributed by atoms with Gasteiger partial charge in [0.25, 0.3) is 0 Å². The first-order valence-corrected chi connectivity index (χ1v) is 8.21. The Kier molecular flexibility index (Phi) is 4.03. The van der Waals surface area contributed by atoms with Crippen LogP contribution in [0.2, 0.25) is 0 Å². The van der Waals surface area contributed by atoms with Gasteiger partial charge >= 0.3 is 0 Å². The molecule has 3 nitrogen and oxygen atoms in total. The van der Waals surface area contributed by atoms with Crippen LogP contribution in [0.4, 0.5) is 5.69 Å². The lowest BCUT2D eigenvalue weighted by molar-refractivity contribution is -0.127. The average Bonchev–Trinajstić information content (AvgIpc) is 2.95. The maximum absolute atomic E-state index is 12.7. The number of nitrogens with one attached hydrogen (secondary N) is 2. The van der Waals surface area contributed by atoms with Gasteiger partial charge in [-0.2, -0.15) is 0 Å². The molecule has 0 aromatic heterocycles. The Labute approximate surface area is 127 Å². The molecule has 0 spiro atoms. The normalized spacial score (nSPS) is 21.9. The molecule has 1 heterocycles. The van der Waals surface area contributed by atoms with Crippen molar-refractivity contribution in [3.05, 3.63) is 29.3 Å². The largest absolute Gasteiger partial charge is 0.326 e. The van der Waals surface area contributed by atoms with E-state index in [0.29, 0.717) is 5.92 Å². The molecular weight excluding hydrogens is 260 g/mol. The van der Waals surface area contributed by atoms with Crippen molar-refractivity contribution in [3.8, 4) is 0 Å². The van der Waals surface area contributed by atoms with Crippen LogP contribution in [0.15, 0.2) is 18.2 Å². The van der Waals surface area contributed by atoms with E-state index in [2.05, 4.69) is 42.7 Å². The molecule has 114 valence electrons. The van der Waals surface area contributed by atoms with Crippen molar-refractivity contribution >= 4 is 11.6 Å². The van der Waals surface area contributed by atoms with Gasteiger partial charge in [0, 0.05) is 11.1 Å². The molecule has 0 radical (unpaired) electrons. The van der Waals surface area contributed by atoms with Gasteiger partial charge in [-0.15, -0.1) is 0 Å². The van der Waals surface area contributed by atoms with E-state index in [1.165, 1.54) is 30.4 Å². The number of piperidine rings is 1. The van der Waals surface area contributed by atoms with Crippen LogP contribution in [0.25, 0.3) is 0 Å². The highest BCUT2D eigenvalue weighted by atomic mass is 16.2. The summed E-state index contributed by atoms with van der Waals surface area (Å²) in [7, 11) is 0. The maximum atomic E-state index is 12.7. The van der Waals surface area contributed by atoms with Gasteiger partial charge in [0.2, 0.25) is 5.91 Å². The number of carbonyl (C=O) groups excluding carboxylic acids is 1.